The number of hydrogen-bond donors (Lipinski definition) is 1. The van der Waals surface area contributed by atoms with Crippen molar-refractivity contribution in [1.29, 1.82) is 5.26 Å². The van der Waals surface area contributed by atoms with Crippen LogP contribution in [0.2, 0.25) is 0 Å². The maximum Gasteiger partial charge on any atom is 0.242 e. The van der Waals surface area contributed by atoms with Gasteiger partial charge in [0.2, 0.25) is 5.91 Å². The molecule has 1 N–H and O–H groups in total. The number of nitriles is 1. The molecule has 5 nitrogen and oxygen atoms in total. The molecule has 1 saturated heterocycles. The van der Waals surface area contributed by atoms with Gasteiger partial charge in [0.1, 0.15) is 5.41 Å². The first-order valence-corrected chi connectivity index (χ1v) is 6.52. The molecule has 0 saturated carbocycles. The van der Waals surface area contributed by atoms with E-state index in [1.54, 1.807) is 11.9 Å². The SMILES string of the molecule is CN(CCCCCO)C(=O)C1(C#N)CCOCC1. The highest BCUT2D eigenvalue weighted by Gasteiger charge is 2.41. The van der Waals surface area contributed by atoms with E-state index < -0.39 is 5.41 Å². The van der Waals surface area contributed by atoms with Gasteiger partial charge >= 0.3 is 0 Å². The van der Waals surface area contributed by atoms with Crippen molar-refractivity contribution in [2.24, 2.45) is 5.41 Å². The van der Waals surface area contributed by atoms with E-state index in [-0.39, 0.29) is 12.5 Å². The monoisotopic (exact) mass is 254 g/mol. The summed E-state index contributed by atoms with van der Waals surface area (Å²) in [5, 5.41) is 18.0. The number of aliphatic hydroxyl groups is 1. The minimum Gasteiger partial charge on any atom is -0.396 e. The van der Waals surface area contributed by atoms with Gasteiger partial charge in [-0.15, -0.1) is 0 Å². The number of aliphatic hydroxyl groups excluding tert-OH is 1. The fourth-order valence-corrected chi connectivity index (χ4v) is 2.20. The van der Waals surface area contributed by atoms with E-state index in [0.29, 0.717) is 32.6 Å². The van der Waals surface area contributed by atoms with Crippen LogP contribution >= 0.6 is 0 Å². The van der Waals surface area contributed by atoms with Gasteiger partial charge in [0, 0.05) is 33.4 Å². The minimum atomic E-state index is -0.885. The van der Waals surface area contributed by atoms with E-state index in [2.05, 4.69) is 6.07 Å². The topological polar surface area (TPSA) is 73.6 Å². The average molecular weight is 254 g/mol. The Morgan fingerprint density at radius 3 is 2.61 bits per heavy atom. The molecular formula is C13H22N2O3. The van der Waals surface area contributed by atoms with Crippen molar-refractivity contribution in [3.05, 3.63) is 0 Å². The second-order valence-corrected chi connectivity index (χ2v) is 4.82. The van der Waals surface area contributed by atoms with Crippen LogP contribution in [0.25, 0.3) is 0 Å². The molecule has 1 aliphatic rings. The molecule has 0 spiro atoms. The molecular weight excluding hydrogens is 232 g/mol. The zero-order valence-electron chi connectivity index (χ0n) is 11.0. The Morgan fingerprint density at radius 2 is 2.06 bits per heavy atom. The Bertz CT molecular complexity index is 306. The van der Waals surface area contributed by atoms with Crippen molar-refractivity contribution in [2.45, 2.75) is 32.1 Å². The van der Waals surface area contributed by atoms with Crippen molar-refractivity contribution in [3.63, 3.8) is 0 Å². The van der Waals surface area contributed by atoms with Crippen LogP contribution < -0.4 is 0 Å². The number of ether oxygens (including phenoxy) is 1. The number of carbonyl (C=O) groups is 1. The Morgan fingerprint density at radius 1 is 1.39 bits per heavy atom. The van der Waals surface area contributed by atoms with Crippen LogP contribution in [-0.2, 0) is 9.53 Å². The van der Waals surface area contributed by atoms with Gasteiger partial charge in [-0.1, -0.05) is 0 Å². The van der Waals surface area contributed by atoms with E-state index in [0.717, 1.165) is 19.3 Å². The van der Waals surface area contributed by atoms with E-state index in [1.807, 2.05) is 0 Å². The molecule has 0 radical (unpaired) electrons. The average Bonchev–Trinajstić information content (AvgIpc) is 2.43. The summed E-state index contributed by atoms with van der Waals surface area (Å²) in [6, 6.07) is 2.19. The zero-order valence-corrected chi connectivity index (χ0v) is 11.0. The first kappa shape index (κ1) is 14.9. The molecule has 1 heterocycles. The van der Waals surface area contributed by atoms with Crippen LogP contribution in [0.5, 0.6) is 0 Å². The van der Waals surface area contributed by atoms with Crippen LogP contribution in [0.15, 0.2) is 0 Å². The van der Waals surface area contributed by atoms with Gasteiger partial charge in [-0.2, -0.15) is 5.26 Å². The normalized spacial score (nSPS) is 18.1. The predicted molar refractivity (Wildman–Crippen MR) is 66.7 cm³/mol. The first-order valence-electron chi connectivity index (χ1n) is 6.52. The number of unbranched alkanes of at least 4 members (excludes halogenated alkanes) is 2. The summed E-state index contributed by atoms with van der Waals surface area (Å²) in [5.41, 5.74) is -0.885. The molecule has 0 unspecified atom stereocenters. The number of hydrogen-bond acceptors (Lipinski definition) is 4. The van der Waals surface area contributed by atoms with Crippen LogP contribution in [0.1, 0.15) is 32.1 Å². The summed E-state index contributed by atoms with van der Waals surface area (Å²) in [4.78, 5) is 14.0. The fourth-order valence-electron chi connectivity index (χ4n) is 2.20. The van der Waals surface area contributed by atoms with Gasteiger partial charge in [-0.25, -0.2) is 0 Å². The lowest BCUT2D eigenvalue weighted by molar-refractivity contribution is -0.142. The third-order valence-electron chi connectivity index (χ3n) is 3.47. The van der Waals surface area contributed by atoms with Gasteiger partial charge in [-0.3, -0.25) is 4.79 Å². The highest BCUT2D eigenvalue weighted by molar-refractivity contribution is 5.85. The lowest BCUT2D eigenvalue weighted by Gasteiger charge is -2.33. The highest BCUT2D eigenvalue weighted by Crippen LogP contribution is 2.31. The van der Waals surface area contributed by atoms with E-state index in [9.17, 15) is 10.1 Å². The lowest BCUT2D eigenvalue weighted by atomic mass is 9.80. The molecule has 1 amide bonds. The molecule has 5 heteroatoms. The standard InChI is InChI=1S/C13H22N2O3/c1-15(7-3-2-4-8-16)12(17)13(11-14)5-9-18-10-6-13/h16H,2-10H2,1H3. The quantitative estimate of drug-likeness (QED) is 0.716. The Balaban J connectivity index is 2.48. The molecule has 0 aromatic rings. The fraction of sp³-hybridized carbons (Fsp3) is 0.846. The summed E-state index contributed by atoms with van der Waals surface area (Å²) in [5.74, 6) is -0.0858. The van der Waals surface area contributed by atoms with Gasteiger partial charge < -0.3 is 14.7 Å². The van der Waals surface area contributed by atoms with E-state index in [1.165, 1.54) is 0 Å². The van der Waals surface area contributed by atoms with Gasteiger partial charge in [0.15, 0.2) is 0 Å². The van der Waals surface area contributed by atoms with Gasteiger partial charge in [-0.05, 0) is 32.1 Å². The second-order valence-electron chi connectivity index (χ2n) is 4.82. The van der Waals surface area contributed by atoms with Crippen molar-refractivity contribution >= 4 is 5.91 Å². The molecule has 0 bridgehead atoms. The molecule has 18 heavy (non-hydrogen) atoms. The molecule has 1 aliphatic heterocycles. The lowest BCUT2D eigenvalue weighted by Crippen LogP contribution is -2.44. The summed E-state index contributed by atoms with van der Waals surface area (Å²) < 4.78 is 5.22. The summed E-state index contributed by atoms with van der Waals surface area (Å²) in [6.07, 6.45) is 3.50. The largest absolute Gasteiger partial charge is 0.396 e. The summed E-state index contributed by atoms with van der Waals surface area (Å²) in [7, 11) is 1.75. The van der Waals surface area contributed by atoms with Crippen LogP contribution in [0, 0.1) is 16.7 Å². The predicted octanol–water partition coefficient (Wildman–Crippen LogP) is 0.928. The molecule has 0 aliphatic carbocycles. The highest BCUT2D eigenvalue weighted by atomic mass is 16.5. The first-order chi connectivity index (χ1) is 8.66. The van der Waals surface area contributed by atoms with Crippen LogP contribution in [0.4, 0.5) is 0 Å². The Kier molecular flexibility index (Phi) is 6.10. The number of rotatable bonds is 6. The summed E-state index contributed by atoms with van der Waals surface area (Å²) in [6.45, 7) is 1.80. The third kappa shape index (κ3) is 3.69. The summed E-state index contributed by atoms with van der Waals surface area (Å²) >= 11 is 0. The zero-order chi connectivity index (χ0) is 13.4. The van der Waals surface area contributed by atoms with Crippen molar-refractivity contribution in [2.75, 3.05) is 33.4 Å². The van der Waals surface area contributed by atoms with Gasteiger partial charge in [0.25, 0.3) is 0 Å². The number of amides is 1. The van der Waals surface area contributed by atoms with Crippen LogP contribution in [-0.4, -0.2) is 49.3 Å². The van der Waals surface area contributed by atoms with Crippen LogP contribution in [0.3, 0.4) is 0 Å². The molecule has 0 aromatic heterocycles. The molecule has 0 aromatic carbocycles. The number of nitrogens with zero attached hydrogens (tertiary/aromatic N) is 2. The van der Waals surface area contributed by atoms with E-state index >= 15 is 0 Å². The second kappa shape index (κ2) is 7.34. The van der Waals surface area contributed by atoms with E-state index in [4.69, 9.17) is 9.84 Å². The molecule has 1 rings (SSSR count). The Labute approximate surface area is 108 Å². The Hall–Kier alpha value is -1.12. The molecule has 102 valence electrons. The van der Waals surface area contributed by atoms with Crippen molar-refractivity contribution in [1.82, 2.24) is 4.90 Å². The smallest absolute Gasteiger partial charge is 0.242 e. The molecule has 0 atom stereocenters. The minimum absolute atomic E-state index is 0.0858. The third-order valence-corrected chi connectivity index (χ3v) is 3.47. The number of carbonyl (C=O) groups excluding carboxylic acids is 1. The van der Waals surface area contributed by atoms with Crippen molar-refractivity contribution < 1.29 is 14.6 Å². The molecule has 1 fully saturated rings. The maximum absolute atomic E-state index is 12.3. The van der Waals surface area contributed by atoms with Crippen molar-refractivity contribution in [3.8, 4) is 6.07 Å². The maximum atomic E-state index is 12.3. The van der Waals surface area contributed by atoms with Gasteiger partial charge in [0.05, 0.1) is 6.07 Å².